The van der Waals surface area contributed by atoms with Gasteiger partial charge in [0.2, 0.25) is 5.95 Å². The lowest BCUT2D eigenvalue weighted by atomic mass is 10.2. The SMILES string of the molecule is Fc1ccc(N2CCN(c3nncc(-c4cccc(Cl)c4)n3)CC2)cc1. The van der Waals surface area contributed by atoms with Gasteiger partial charge in [0.05, 0.1) is 11.9 Å². The van der Waals surface area contributed by atoms with Gasteiger partial charge in [-0.2, -0.15) is 5.10 Å². The quantitative estimate of drug-likeness (QED) is 0.705. The molecule has 0 N–H and O–H groups in total. The Morgan fingerprint density at radius 1 is 0.923 bits per heavy atom. The zero-order chi connectivity index (χ0) is 17.9. The average Bonchev–Trinajstić information content (AvgIpc) is 2.69. The molecule has 1 saturated heterocycles. The summed E-state index contributed by atoms with van der Waals surface area (Å²) in [7, 11) is 0. The molecule has 3 aromatic rings. The molecule has 0 amide bonds. The van der Waals surface area contributed by atoms with E-state index in [1.165, 1.54) is 12.1 Å². The number of halogens is 2. The maximum atomic E-state index is 13.1. The molecule has 0 unspecified atom stereocenters. The third-order valence-electron chi connectivity index (χ3n) is 4.42. The number of nitrogens with zero attached hydrogens (tertiary/aromatic N) is 5. The average molecular weight is 370 g/mol. The molecule has 0 spiro atoms. The van der Waals surface area contributed by atoms with Crippen molar-refractivity contribution in [3.63, 3.8) is 0 Å². The minimum Gasteiger partial charge on any atom is -0.368 e. The Morgan fingerprint density at radius 3 is 2.38 bits per heavy atom. The van der Waals surface area contributed by atoms with Crippen LogP contribution in [-0.4, -0.2) is 41.4 Å². The smallest absolute Gasteiger partial charge is 0.246 e. The third-order valence-corrected chi connectivity index (χ3v) is 4.66. The van der Waals surface area contributed by atoms with E-state index in [2.05, 4.69) is 25.0 Å². The van der Waals surface area contributed by atoms with Gasteiger partial charge in [0.15, 0.2) is 0 Å². The summed E-state index contributed by atoms with van der Waals surface area (Å²) in [5.41, 5.74) is 2.69. The van der Waals surface area contributed by atoms with Crippen LogP contribution in [0.25, 0.3) is 11.3 Å². The van der Waals surface area contributed by atoms with Crippen LogP contribution in [0.2, 0.25) is 5.02 Å². The number of hydrogen-bond donors (Lipinski definition) is 0. The van der Waals surface area contributed by atoms with Crippen LogP contribution < -0.4 is 9.80 Å². The van der Waals surface area contributed by atoms with E-state index >= 15 is 0 Å². The summed E-state index contributed by atoms with van der Waals surface area (Å²) in [5, 5.41) is 8.95. The first-order chi connectivity index (χ1) is 12.7. The van der Waals surface area contributed by atoms with Gasteiger partial charge in [-0.3, -0.25) is 0 Å². The van der Waals surface area contributed by atoms with Crippen molar-refractivity contribution in [3.05, 3.63) is 65.6 Å². The number of anilines is 2. The molecule has 0 radical (unpaired) electrons. The normalized spacial score (nSPS) is 14.5. The summed E-state index contributed by atoms with van der Waals surface area (Å²) >= 11 is 6.06. The molecule has 1 aromatic heterocycles. The fraction of sp³-hybridized carbons (Fsp3) is 0.211. The molecular weight excluding hydrogens is 353 g/mol. The van der Waals surface area contributed by atoms with Crippen LogP contribution in [-0.2, 0) is 0 Å². The van der Waals surface area contributed by atoms with E-state index in [0.717, 1.165) is 43.1 Å². The van der Waals surface area contributed by atoms with Crippen molar-refractivity contribution in [2.75, 3.05) is 36.0 Å². The Balaban J connectivity index is 1.48. The monoisotopic (exact) mass is 369 g/mol. The topological polar surface area (TPSA) is 45.2 Å². The van der Waals surface area contributed by atoms with Gasteiger partial charge in [0, 0.05) is 42.5 Å². The van der Waals surface area contributed by atoms with Gasteiger partial charge in [-0.25, -0.2) is 9.37 Å². The largest absolute Gasteiger partial charge is 0.368 e. The van der Waals surface area contributed by atoms with Gasteiger partial charge in [0.1, 0.15) is 5.82 Å². The predicted molar refractivity (Wildman–Crippen MR) is 101 cm³/mol. The fourth-order valence-corrected chi connectivity index (χ4v) is 3.22. The van der Waals surface area contributed by atoms with Crippen LogP contribution >= 0.6 is 11.6 Å². The van der Waals surface area contributed by atoms with Gasteiger partial charge >= 0.3 is 0 Å². The van der Waals surface area contributed by atoms with Crippen LogP contribution in [0.4, 0.5) is 16.0 Å². The van der Waals surface area contributed by atoms with Gasteiger partial charge in [0.25, 0.3) is 0 Å². The van der Waals surface area contributed by atoms with Crippen molar-refractivity contribution in [3.8, 4) is 11.3 Å². The lowest BCUT2D eigenvalue weighted by molar-refractivity contribution is 0.622. The van der Waals surface area contributed by atoms with Crippen LogP contribution in [0.1, 0.15) is 0 Å². The van der Waals surface area contributed by atoms with E-state index < -0.39 is 0 Å². The molecule has 2 heterocycles. The maximum Gasteiger partial charge on any atom is 0.246 e. The summed E-state index contributed by atoms with van der Waals surface area (Å²) in [6, 6.07) is 14.1. The summed E-state index contributed by atoms with van der Waals surface area (Å²) in [6.07, 6.45) is 1.64. The Morgan fingerprint density at radius 2 is 1.65 bits per heavy atom. The summed E-state index contributed by atoms with van der Waals surface area (Å²) in [4.78, 5) is 8.98. The Hall–Kier alpha value is -2.73. The van der Waals surface area contributed by atoms with E-state index in [9.17, 15) is 4.39 Å². The first-order valence-corrected chi connectivity index (χ1v) is 8.78. The first-order valence-electron chi connectivity index (χ1n) is 8.40. The van der Waals surface area contributed by atoms with Gasteiger partial charge in [-0.1, -0.05) is 23.7 Å². The highest BCUT2D eigenvalue weighted by Gasteiger charge is 2.20. The minimum atomic E-state index is -0.218. The summed E-state index contributed by atoms with van der Waals surface area (Å²) in [5.74, 6) is 0.394. The highest BCUT2D eigenvalue weighted by molar-refractivity contribution is 6.30. The molecule has 0 bridgehead atoms. The molecule has 0 saturated carbocycles. The number of benzene rings is 2. The van der Waals surface area contributed by atoms with Crippen LogP contribution in [0.5, 0.6) is 0 Å². The van der Waals surface area contributed by atoms with Crippen molar-refractivity contribution < 1.29 is 4.39 Å². The van der Waals surface area contributed by atoms with E-state index in [-0.39, 0.29) is 5.82 Å². The zero-order valence-electron chi connectivity index (χ0n) is 14.0. The van der Waals surface area contributed by atoms with E-state index in [1.807, 2.05) is 36.4 Å². The highest BCUT2D eigenvalue weighted by atomic mass is 35.5. The molecule has 1 aliphatic rings. The molecule has 7 heteroatoms. The summed E-state index contributed by atoms with van der Waals surface area (Å²) in [6.45, 7) is 3.18. The zero-order valence-corrected chi connectivity index (χ0v) is 14.8. The van der Waals surface area contributed by atoms with Gasteiger partial charge in [-0.15, -0.1) is 5.10 Å². The van der Waals surface area contributed by atoms with Crippen molar-refractivity contribution in [2.45, 2.75) is 0 Å². The molecule has 1 fully saturated rings. The highest BCUT2D eigenvalue weighted by Crippen LogP contribution is 2.23. The number of aromatic nitrogens is 3. The van der Waals surface area contributed by atoms with Gasteiger partial charge < -0.3 is 9.80 Å². The second-order valence-corrected chi connectivity index (χ2v) is 6.54. The van der Waals surface area contributed by atoms with Crippen molar-refractivity contribution in [1.29, 1.82) is 0 Å². The van der Waals surface area contributed by atoms with Crippen molar-refractivity contribution >= 4 is 23.2 Å². The Labute approximate surface area is 156 Å². The van der Waals surface area contributed by atoms with Crippen LogP contribution in [0.15, 0.2) is 54.7 Å². The standard InChI is InChI=1S/C19H17ClFN5/c20-15-3-1-2-14(12-15)18-13-22-24-19(23-18)26-10-8-25(9-11-26)17-6-4-16(21)5-7-17/h1-7,12-13H,8-11H2. The van der Waals surface area contributed by atoms with Crippen molar-refractivity contribution in [2.24, 2.45) is 0 Å². The molecule has 2 aromatic carbocycles. The molecule has 1 aliphatic heterocycles. The lowest BCUT2D eigenvalue weighted by Crippen LogP contribution is -2.47. The minimum absolute atomic E-state index is 0.218. The summed E-state index contributed by atoms with van der Waals surface area (Å²) < 4.78 is 13.1. The number of rotatable bonds is 3. The van der Waals surface area contributed by atoms with Gasteiger partial charge in [-0.05, 0) is 36.4 Å². The molecule has 0 aliphatic carbocycles. The second-order valence-electron chi connectivity index (χ2n) is 6.10. The number of hydrogen-bond acceptors (Lipinski definition) is 5. The van der Waals surface area contributed by atoms with E-state index in [1.54, 1.807) is 6.20 Å². The first kappa shape index (κ1) is 16.7. The van der Waals surface area contributed by atoms with Crippen molar-refractivity contribution in [1.82, 2.24) is 15.2 Å². The Bertz CT molecular complexity index is 894. The second kappa shape index (κ2) is 7.25. The molecule has 0 atom stereocenters. The van der Waals surface area contributed by atoms with E-state index in [4.69, 9.17) is 11.6 Å². The molecule has 26 heavy (non-hydrogen) atoms. The maximum absolute atomic E-state index is 13.1. The molecule has 4 rings (SSSR count). The Kier molecular flexibility index (Phi) is 4.67. The molecular formula is C19H17ClFN5. The lowest BCUT2D eigenvalue weighted by Gasteiger charge is -2.35. The predicted octanol–water partition coefficient (Wildman–Crippen LogP) is 3.66. The van der Waals surface area contributed by atoms with Crippen LogP contribution in [0, 0.1) is 5.82 Å². The fourth-order valence-electron chi connectivity index (χ4n) is 3.03. The molecule has 5 nitrogen and oxygen atoms in total. The molecule has 132 valence electrons. The number of piperazine rings is 1. The van der Waals surface area contributed by atoms with E-state index in [0.29, 0.717) is 11.0 Å². The van der Waals surface area contributed by atoms with Crippen LogP contribution in [0.3, 0.4) is 0 Å². The third kappa shape index (κ3) is 3.60.